The van der Waals surface area contributed by atoms with Crippen LogP contribution in [-0.2, 0) is 32.2 Å². The van der Waals surface area contributed by atoms with Crippen LogP contribution in [0.4, 0.5) is 13.2 Å². The lowest BCUT2D eigenvalue weighted by molar-refractivity contribution is -0.141. The number of carbonyl (C=O) groups is 1. The van der Waals surface area contributed by atoms with Crippen LogP contribution in [0.3, 0.4) is 0 Å². The molecule has 0 bridgehead atoms. The second-order valence-electron chi connectivity index (χ2n) is 8.15. The van der Waals surface area contributed by atoms with Crippen molar-refractivity contribution < 1.29 is 31.1 Å². The minimum Gasteiger partial charge on any atom is -0.469 e. The molecule has 1 unspecified atom stereocenters. The Morgan fingerprint density at radius 2 is 1.76 bits per heavy atom. The number of aryl methyl sites for hydroxylation is 1. The minimum absolute atomic E-state index is 0.183. The number of halogens is 3. The number of nitrogens with zero attached hydrogens (tertiary/aromatic N) is 1. The SMILES string of the molecule is COC(=O)CCC(CCCCNS(=O)(=O)c1ccc(C(F)(F)F)cc1)CCCc1cccnc1. The lowest BCUT2D eigenvalue weighted by Gasteiger charge is -2.16. The normalized spacial score (nSPS) is 12.9. The number of hydrogen-bond donors (Lipinski definition) is 1. The van der Waals surface area contributed by atoms with Crippen molar-refractivity contribution in [2.45, 2.75) is 62.4 Å². The molecular weight excluding hydrogens is 469 g/mol. The molecule has 6 nitrogen and oxygen atoms in total. The van der Waals surface area contributed by atoms with E-state index in [0.717, 1.165) is 61.9 Å². The van der Waals surface area contributed by atoms with Crippen LogP contribution in [0.5, 0.6) is 0 Å². The fraction of sp³-hybridized carbons (Fsp3) is 0.500. The van der Waals surface area contributed by atoms with Crippen LogP contribution in [0, 0.1) is 5.92 Å². The number of rotatable bonds is 14. The van der Waals surface area contributed by atoms with Crippen LogP contribution in [0.15, 0.2) is 53.7 Å². The Morgan fingerprint density at radius 3 is 2.38 bits per heavy atom. The largest absolute Gasteiger partial charge is 0.469 e. The molecule has 34 heavy (non-hydrogen) atoms. The maximum atomic E-state index is 12.7. The van der Waals surface area contributed by atoms with E-state index in [-0.39, 0.29) is 17.4 Å². The van der Waals surface area contributed by atoms with E-state index in [9.17, 15) is 26.4 Å². The average molecular weight is 501 g/mol. The molecule has 0 aliphatic carbocycles. The number of hydrogen-bond acceptors (Lipinski definition) is 5. The summed E-state index contributed by atoms with van der Waals surface area (Å²) >= 11 is 0. The number of pyridine rings is 1. The summed E-state index contributed by atoms with van der Waals surface area (Å²) in [6.07, 6.45) is 5.07. The maximum Gasteiger partial charge on any atom is 0.416 e. The van der Waals surface area contributed by atoms with Crippen LogP contribution in [0.2, 0.25) is 0 Å². The van der Waals surface area contributed by atoms with Gasteiger partial charge in [0, 0.05) is 25.4 Å². The van der Waals surface area contributed by atoms with Crippen molar-refractivity contribution in [3.63, 3.8) is 0 Å². The molecule has 1 aromatic carbocycles. The molecule has 1 aromatic heterocycles. The third kappa shape index (κ3) is 9.80. The quantitative estimate of drug-likeness (QED) is 0.287. The Labute approximate surface area is 199 Å². The zero-order chi connectivity index (χ0) is 25.0. The van der Waals surface area contributed by atoms with Gasteiger partial charge in [-0.1, -0.05) is 25.3 Å². The maximum absolute atomic E-state index is 12.7. The summed E-state index contributed by atoms with van der Waals surface area (Å²) in [7, 11) is -2.51. The lowest BCUT2D eigenvalue weighted by Crippen LogP contribution is -2.25. The Bertz CT molecular complexity index is 982. The first-order valence-corrected chi connectivity index (χ1v) is 12.7. The van der Waals surface area contributed by atoms with Crippen molar-refractivity contribution in [3.8, 4) is 0 Å². The first-order valence-electron chi connectivity index (χ1n) is 11.2. The Balaban J connectivity index is 1.78. The number of ether oxygens (including phenoxy) is 1. The summed E-state index contributed by atoms with van der Waals surface area (Å²) in [6, 6.07) is 7.35. The molecule has 188 valence electrons. The molecule has 10 heteroatoms. The molecule has 0 fully saturated rings. The second-order valence-corrected chi connectivity index (χ2v) is 9.92. The molecule has 0 spiro atoms. The fourth-order valence-electron chi connectivity index (χ4n) is 3.67. The van der Waals surface area contributed by atoms with Gasteiger partial charge in [-0.15, -0.1) is 0 Å². The molecule has 1 atom stereocenters. The van der Waals surface area contributed by atoms with Crippen molar-refractivity contribution >= 4 is 16.0 Å². The number of methoxy groups -OCH3 is 1. The van der Waals surface area contributed by atoms with Gasteiger partial charge in [0.15, 0.2) is 0 Å². The zero-order valence-corrected chi connectivity index (χ0v) is 20.0. The monoisotopic (exact) mass is 500 g/mol. The number of nitrogens with one attached hydrogen (secondary N) is 1. The molecule has 0 radical (unpaired) electrons. The van der Waals surface area contributed by atoms with E-state index in [2.05, 4.69) is 9.71 Å². The Hall–Kier alpha value is -2.46. The number of benzene rings is 1. The third-order valence-electron chi connectivity index (χ3n) is 5.61. The number of carbonyl (C=O) groups excluding carboxylic acids is 1. The summed E-state index contributed by atoms with van der Waals surface area (Å²) in [5, 5.41) is 0. The average Bonchev–Trinajstić information content (AvgIpc) is 2.81. The lowest BCUT2D eigenvalue weighted by atomic mass is 9.91. The van der Waals surface area contributed by atoms with E-state index in [1.54, 1.807) is 6.20 Å². The van der Waals surface area contributed by atoms with E-state index in [1.807, 2.05) is 18.3 Å². The van der Waals surface area contributed by atoms with Gasteiger partial charge in [0.05, 0.1) is 17.6 Å². The van der Waals surface area contributed by atoms with Crippen molar-refractivity contribution in [2.24, 2.45) is 5.92 Å². The fourth-order valence-corrected chi connectivity index (χ4v) is 4.74. The minimum atomic E-state index is -4.52. The Kier molecular flexibility index (Phi) is 11.0. The highest BCUT2D eigenvalue weighted by molar-refractivity contribution is 7.89. The van der Waals surface area contributed by atoms with Crippen molar-refractivity contribution in [3.05, 3.63) is 59.9 Å². The summed E-state index contributed by atoms with van der Waals surface area (Å²) < 4.78 is 69.8. The van der Waals surface area contributed by atoms with Crippen molar-refractivity contribution in [2.75, 3.05) is 13.7 Å². The van der Waals surface area contributed by atoms with Crippen LogP contribution >= 0.6 is 0 Å². The molecule has 0 aliphatic rings. The van der Waals surface area contributed by atoms with Crippen LogP contribution in [0.25, 0.3) is 0 Å². The van der Waals surface area contributed by atoms with Gasteiger partial charge in [-0.25, -0.2) is 13.1 Å². The van der Waals surface area contributed by atoms with Crippen molar-refractivity contribution in [1.82, 2.24) is 9.71 Å². The van der Waals surface area contributed by atoms with Gasteiger partial charge in [0.2, 0.25) is 10.0 Å². The molecule has 2 aromatic rings. The van der Waals surface area contributed by atoms with Gasteiger partial charge in [-0.05, 0) is 67.5 Å². The van der Waals surface area contributed by atoms with E-state index < -0.39 is 21.8 Å². The first-order chi connectivity index (χ1) is 16.1. The van der Waals surface area contributed by atoms with Gasteiger partial charge >= 0.3 is 12.1 Å². The predicted molar refractivity (Wildman–Crippen MR) is 122 cm³/mol. The highest BCUT2D eigenvalue weighted by atomic mass is 32.2. The summed E-state index contributed by atoms with van der Waals surface area (Å²) in [6.45, 7) is 0.183. The highest BCUT2D eigenvalue weighted by Gasteiger charge is 2.30. The summed E-state index contributed by atoms with van der Waals surface area (Å²) in [5.74, 6) is 0.0591. The van der Waals surface area contributed by atoms with Gasteiger partial charge < -0.3 is 4.74 Å². The van der Waals surface area contributed by atoms with Gasteiger partial charge in [-0.2, -0.15) is 13.2 Å². The first kappa shape index (κ1) is 27.8. The standard InChI is InChI=1S/C24H31F3N2O4S/c1-33-23(30)15-10-19(7-4-8-20-9-5-16-28-18-20)6-2-3-17-29-34(31,32)22-13-11-21(12-14-22)24(25,26)27/h5,9,11-14,16,18-19,29H,2-4,6-8,10,15,17H2,1H3. The number of unbranched alkanes of at least 4 members (excludes halogenated alkanes) is 1. The van der Waals surface area contributed by atoms with E-state index in [1.165, 1.54) is 7.11 Å². The molecule has 2 rings (SSSR count). The molecular formula is C24H31F3N2O4S. The molecule has 0 saturated heterocycles. The summed E-state index contributed by atoms with van der Waals surface area (Å²) in [4.78, 5) is 15.4. The van der Waals surface area contributed by atoms with E-state index in [4.69, 9.17) is 4.74 Å². The molecule has 1 N–H and O–H groups in total. The predicted octanol–water partition coefficient (Wildman–Crippen LogP) is 5.14. The van der Waals surface area contributed by atoms with E-state index in [0.29, 0.717) is 25.2 Å². The van der Waals surface area contributed by atoms with Gasteiger partial charge in [-0.3, -0.25) is 9.78 Å². The van der Waals surface area contributed by atoms with Crippen LogP contribution < -0.4 is 4.72 Å². The van der Waals surface area contributed by atoms with Gasteiger partial charge in [0.25, 0.3) is 0 Å². The number of alkyl halides is 3. The molecule has 0 saturated carbocycles. The number of aromatic nitrogens is 1. The molecule has 0 aliphatic heterocycles. The smallest absolute Gasteiger partial charge is 0.416 e. The van der Waals surface area contributed by atoms with Crippen LogP contribution in [0.1, 0.15) is 56.1 Å². The van der Waals surface area contributed by atoms with Crippen molar-refractivity contribution in [1.29, 1.82) is 0 Å². The Morgan fingerprint density at radius 1 is 1.06 bits per heavy atom. The van der Waals surface area contributed by atoms with Gasteiger partial charge in [0.1, 0.15) is 0 Å². The number of sulfonamides is 1. The van der Waals surface area contributed by atoms with E-state index >= 15 is 0 Å². The second kappa shape index (κ2) is 13.4. The highest BCUT2D eigenvalue weighted by Crippen LogP contribution is 2.29. The zero-order valence-electron chi connectivity index (χ0n) is 19.2. The molecule has 1 heterocycles. The number of esters is 1. The topological polar surface area (TPSA) is 85.4 Å². The third-order valence-corrected chi connectivity index (χ3v) is 7.09. The molecule has 0 amide bonds. The summed E-state index contributed by atoms with van der Waals surface area (Å²) in [5.41, 5.74) is 0.264. The van der Waals surface area contributed by atoms with Crippen LogP contribution in [-0.4, -0.2) is 33.0 Å².